The number of fused-ring (bicyclic) bond motifs is 22. The van der Waals surface area contributed by atoms with Crippen LogP contribution >= 0.6 is 0 Å². The third kappa shape index (κ3) is 2.95. The van der Waals surface area contributed by atoms with Gasteiger partial charge in [-0.1, -0.05) is 184 Å². The summed E-state index contributed by atoms with van der Waals surface area (Å²) < 4.78 is 0. The molecule has 0 bridgehead atoms. The van der Waals surface area contributed by atoms with E-state index < -0.39 is 16.1 Å². The van der Waals surface area contributed by atoms with Crippen molar-refractivity contribution >= 4 is 48.1 Å². The molecule has 54 heavy (non-hydrogen) atoms. The molecule has 2 heterocycles. The molecule has 7 aromatic rings. The summed E-state index contributed by atoms with van der Waals surface area (Å²) in [6, 6.07) is 61.7. The van der Waals surface area contributed by atoms with Crippen LogP contribution in [-0.4, -0.2) is 16.1 Å². The minimum Gasteiger partial charge on any atom is -0.0619 e. The minimum atomic E-state index is -2.21. The zero-order valence-corrected chi connectivity index (χ0v) is 33.0. The van der Waals surface area contributed by atoms with E-state index in [9.17, 15) is 0 Å². The molecular weight excluding hydrogens is 681 g/mol. The average molecular weight is 719 g/mol. The quantitative estimate of drug-likeness (QED) is 0.137. The van der Waals surface area contributed by atoms with Crippen molar-refractivity contribution in [1.82, 2.24) is 0 Å². The van der Waals surface area contributed by atoms with E-state index in [-0.39, 0.29) is 10.8 Å². The number of hydrogen-bond acceptors (Lipinski definition) is 0. The largest absolute Gasteiger partial charge is 0.114 e. The molecule has 0 atom stereocenters. The molecule has 2 aliphatic heterocycles. The monoisotopic (exact) mass is 718 g/mol. The van der Waals surface area contributed by atoms with E-state index in [1.165, 1.54) is 77.9 Å². The molecular formula is C52H38Si2. The zero-order valence-electron chi connectivity index (χ0n) is 31.0. The highest BCUT2D eigenvalue weighted by molar-refractivity contribution is 7.10. The van der Waals surface area contributed by atoms with Crippen LogP contribution in [0.5, 0.6) is 0 Å². The number of benzene rings is 7. The molecule has 6 aliphatic rings. The molecule has 0 radical (unpaired) electrons. The second-order valence-electron chi connectivity index (χ2n) is 17.5. The van der Waals surface area contributed by atoms with E-state index in [0.717, 1.165) is 0 Å². The second-order valence-corrected chi connectivity index (χ2v) is 26.0. The third-order valence-corrected chi connectivity index (χ3v) is 21.7. The highest BCUT2D eigenvalue weighted by Crippen LogP contribution is 2.69. The fourth-order valence-electron chi connectivity index (χ4n) is 12.8. The van der Waals surface area contributed by atoms with Gasteiger partial charge in [0.15, 0.2) is 0 Å². The van der Waals surface area contributed by atoms with Crippen molar-refractivity contribution in [2.24, 2.45) is 0 Å². The van der Waals surface area contributed by atoms with E-state index >= 15 is 0 Å². The number of hydrogen-bond donors (Lipinski definition) is 0. The normalized spacial score (nSPS) is 19.2. The summed E-state index contributed by atoms with van der Waals surface area (Å²) in [5.74, 6) is 0. The topological polar surface area (TPSA) is 0 Å². The minimum absolute atomic E-state index is 0.319. The van der Waals surface area contributed by atoms with E-state index in [1.54, 1.807) is 31.9 Å². The van der Waals surface area contributed by atoms with E-state index in [0.29, 0.717) is 0 Å². The van der Waals surface area contributed by atoms with Crippen LogP contribution in [0.3, 0.4) is 0 Å². The smallest absolute Gasteiger partial charge is 0.0619 e. The molecule has 254 valence electrons. The SMILES string of the molecule is C[Si]1(C)C2=C(c3cc4c(cc31)C1=C(c3ccccc3C13c1ccccc1-c1ccccc13)[Si]4(C)C)C1(c3ccccc32)c2ccccc2-c2ccccc21. The molecule has 13 rings (SSSR count). The first-order valence-corrected chi connectivity index (χ1v) is 25.6. The van der Waals surface area contributed by atoms with Crippen molar-refractivity contribution in [2.45, 2.75) is 37.0 Å². The Balaban J connectivity index is 1.15. The molecule has 2 heteroatoms. The maximum absolute atomic E-state index is 2.77. The van der Waals surface area contributed by atoms with Gasteiger partial charge in [0.1, 0.15) is 16.1 Å². The fraction of sp³-hybridized carbons (Fsp3) is 0.115. The summed E-state index contributed by atoms with van der Waals surface area (Å²) in [5, 5.41) is 6.54. The lowest BCUT2D eigenvalue weighted by Crippen LogP contribution is -2.46. The molecule has 0 N–H and O–H groups in total. The summed E-state index contributed by atoms with van der Waals surface area (Å²) in [7, 11) is -4.43. The molecule has 0 saturated heterocycles. The Bertz CT molecular complexity index is 2710. The third-order valence-electron chi connectivity index (χ3n) is 14.6. The van der Waals surface area contributed by atoms with Gasteiger partial charge in [-0.3, -0.25) is 0 Å². The van der Waals surface area contributed by atoms with Gasteiger partial charge in [0.05, 0.1) is 10.8 Å². The molecule has 0 nitrogen and oxygen atoms in total. The van der Waals surface area contributed by atoms with Crippen LogP contribution in [0, 0.1) is 0 Å². The van der Waals surface area contributed by atoms with E-state index in [2.05, 4.69) is 184 Å². The van der Waals surface area contributed by atoms with E-state index in [4.69, 9.17) is 0 Å². The van der Waals surface area contributed by atoms with Crippen LogP contribution < -0.4 is 10.4 Å². The van der Waals surface area contributed by atoms with Crippen molar-refractivity contribution in [2.75, 3.05) is 0 Å². The van der Waals surface area contributed by atoms with Gasteiger partial charge in [0, 0.05) is 0 Å². The van der Waals surface area contributed by atoms with Gasteiger partial charge in [-0.2, -0.15) is 0 Å². The van der Waals surface area contributed by atoms with Crippen molar-refractivity contribution in [3.05, 3.63) is 213 Å². The maximum Gasteiger partial charge on any atom is 0.114 e. The maximum atomic E-state index is 2.77. The Kier molecular flexibility index (Phi) is 5.19. The molecule has 0 amide bonds. The van der Waals surface area contributed by atoms with Crippen molar-refractivity contribution in [3.8, 4) is 22.3 Å². The Morgan fingerprint density at radius 1 is 0.296 bits per heavy atom. The molecule has 2 spiro atoms. The first kappa shape index (κ1) is 29.9. The molecule has 0 unspecified atom stereocenters. The first-order chi connectivity index (χ1) is 26.3. The lowest BCUT2D eigenvalue weighted by atomic mass is 9.67. The van der Waals surface area contributed by atoms with Crippen LogP contribution in [-0.2, 0) is 10.8 Å². The molecule has 4 aliphatic carbocycles. The predicted octanol–water partition coefficient (Wildman–Crippen LogP) is 11.1. The lowest BCUT2D eigenvalue weighted by Gasteiger charge is -2.35. The van der Waals surface area contributed by atoms with Crippen LogP contribution in [0.4, 0.5) is 0 Å². The Labute approximate surface area is 319 Å². The molecule has 0 aromatic heterocycles. The highest BCUT2D eigenvalue weighted by Gasteiger charge is 2.62. The van der Waals surface area contributed by atoms with Crippen LogP contribution in [0.25, 0.3) is 43.8 Å². The van der Waals surface area contributed by atoms with Gasteiger partial charge in [-0.15, -0.1) is 0 Å². The van der Waals surface area contributed by atoms with Gasteiger partial charge >= 0.3 is 0 Å². The number of rotatable bonds is 0. The summed E-state index contributed by atoms with van der Waals surface area (Å²) >= 11 is 0. The lowest BCUT2D eigenvalue weighted by molar-refractivity contribution is 0.841. The van der Waals surface area contributed by atoms with Gasteiger partial charge in [0.25, 0.3) is 0 Å². The van der Waals surface area contributed by atoms with Gasteiger partial charge in [0.2, 0.25) is 0 Å². The van der Waals surface area contributed by atoms with Crippen LogP contribution in [0.2, 0.25) is 26.2 Å². The Morgan fingerprint density at radius 3 is 0.833 bits per heavy atom. The summed E-state index contributed by atoms with van der Waals surface area (Å²) in [5.41, 5.74) is 22.8. The molecule has 0 saturated carbocycles. The Morgan fingerprint density at radius 2 is 0.537 bits per heavy atom. The Hall–Kier alpha value is -5.55. The summed E-state index contributed by atoms with van der Waals surface area (Å²) in [4.78, 5) is 0. The molecule has 7 aromatic carbocycles. The summed E-state index contributed by atoms with van der Waals surface area (Å²) in [6.07, 6.45) is 0. The predicted molar refractivity (Wildman–Crippen MR) is 231 cm³/mol. The average Bonchev–Trinajstić information content (AvgIpc) is 3.98. The first-order valence-electron chi connectivity index (χ1n) is 19.6. The molecule has 0 fully saturated rings. The van der Waals surface area contributed by atoms with Gasteiger partial charge in [-0.05, 0) is 110 Å². The fourth-order valence-corrected chi connectivity index (χ4v) is 19.8. The van der Waals surface area contributed by atoms with Crippen LogP contribution in [0.1, 0.15) is 55.6 Å². The van der Waals surface area contributed by atoms with Gasteiger partial charge < -0.3 is 0 Å². The van der Waals surface area contributed by atoms with Crippen molar-refractivity contribution < 1.29 is 0 Å². The summed E-state index contributed by atoms with van der Waals surface area (Å²) in [6.45, 7) is 10.6. The van der Waals surface area contributed by atoms with Crippen molar-refractivity contribution in [1.29, 1.82) is 0 Å². The standard InChI is InChI=1S/C52H38Si2/c1-53(2)45-29-38-46(30-37(45)47-49(53)35-21-9-15-27-43(35)51(47)39-23-11-5-17-31(39)32-18-6-12-24-40(32)51)54(3,4)50-36-22-10-16-28-44(36)52(48(38)50)41-25-13-7-19-33(41)34-20-8-14-26-42(34)52/h5-30H,1-4H3. The highest BCUT2D eigenvalue weighted by atomic mass is 28.3. The second kappa shape index (κ2) is 9.39. The zero-order chi connectivity index (χ0) is 35.9. The van der Waals surface area contributed by atoms with Crippen molar-refractivity contribution in [3.63, 3.8) is 0 Å². The number of allylic oxidation sites excluding steroid dienone is 2. The van der Waals surface area contributed by atoms with E-state index in [1.807, 2.05) is 0 Å². The van der Waals surface area contributed by atoms with Crippen LogP contribution in [0.15, 0.2) is 158 Å². The van der Waals surface area contributed by atoms with Gasteiger partial charge in [-0.25, -0.2) is 0 Å².